The second-order valence-electron chi connectivity index (χ2n) is 8.64. The van der Waals surface area contributed by atoms with Crippen LogP contribution in [0.1, 0.15) is 23.2 Å². The molecule has 0 bridgehead atoms. The van der Waals surface area contributed by atoms with E-state index in [-0.39, 0.29) is 11.3 Å². The summed E-state index contributed by atoms with van der Waals surface area (Å²) in [7, 11) is 0.0325. The Morgan fingerprint density at radius 2 is 1.91 bits per heavy atom. The maximum absolute atomic E-state index is 12.3. The van der Waals surface area contributed by atoms with Gasteiger partial charge in [-0.2, -0.15) is 0 Å². The Labute approximate surface area is 209 Å². The fourth-order valence-corrected chi connectivity index (χ4v) is 5.24. The van der Waals surface area contributed by atoms with E-state index in [1.165, 1.54) is 6.07 Å². The van der Waals surface area contributed by atoms with Crippen LogP contribution in [0.3, 0.4) is 0 Å². The Morgan fingerprint density at radius 1 is 1.20 bits per heavy atom. The molecule has 3 aromatic rings. The molecule has 0 unspecified atom stereocenters. The molecule has 3 N–H and O–H groups in total. The number of nitrogens with zero attached hydrogens (tertiary/aromatic N) is 3. The Balaban J connectivity index is 1.70. The molecule has 186 valence electrons. The number of rotatable bonds is 7. The first-order valence-corrected chi connectivity index (χ1v) is 13.3. The van der Waals surface area contributed by atoms with Gasteiger partial charge in [-0.1, -0.05) is 11.6 Å². The summed E-state index contributed by atoms with van der Waals surface area (Å²) in [5.74, 6) is -0.614. The van der Waals surface area contributed by atoms with E-state index in [1.54, 1.807) is 32.4 Å². The summed E-state index contributed by atoms with van der Waals surface area (Å²) in [5, 5.41) is 0.312. The van der Waals surface area contributed by atoms with Crippen LogP contribution in [-0.2, 0) is 21.8 Å². The molecule has 0 spiro atoms. The number of hydrogen-bond acceptors (Lipinski definition) is 6. The normalized spacial score (nSPS) is 14.8. The van der Waals surface area contributed by atoms with Gasteiger partial charge in [0, 0.05) is 37.8 Å². The summed E-state index contributed by atoms with van der Waals surface area (Å²) in [6, 6.07) is 10.4. The van der Waals surface area contributed by atoms with Crippen molar-refractivity contribution in [2.75, 3.05) is 36.1 Å². The van der Waals surface area contributed by atoms with Gasteiger partial charge >= 0.3 is 0 Å². The van der Waals surface area contributed by atoms with Crippen LogP contribution in [0.2, 0.25) is 5.02 Å². The molecular formula is C24H28ClN5O4S. The largest absolute Gasteiger partial charge is 0.381 e. The molecule has 11 heteroatoms. The molecule has 1 aliphatic rings. The van der Waals surface area contributed by atoms with Crippen LogP contribution < -0.4 is 15.4 Å². The average molecular weight is 518 g/mol. The van der Waals surface area contributed by atoms with Crippen molar-refractivity contribution in [2.45, 2.75) is 18.9 Å². The molecule has 1 saturated heterocycles. The highest BCUT2D eigenvalue weighted by Gasteiger charge is 2.22. The standard InChI is InChI=1S/C24H28ClN5O4S/c1-29-22(21-5-4-18(14-27-21)30-8-6-19(34-2)7-9-30)13-20(24(26)31)23(29)15-10-16(25)12-17(11-15)28-35(3,32)33/h4-5,10-14,19,28H,6-9H2,1-3H3,(H2,26,31). The Morgan fingerprint density at radius 3 is 2.49 bits per heavy atom. The molecule has 0 aliphatic carbocycles. The van der Waals surface area contributed by atoms with Gasteiger partial charge in [-0.25, -0.2) is 8.42 Å². The molecule has 9 nitrogen and oxygen atoms in total. The minimum atomic E-state index is -3.51. The van der Waals surface area contributed by atoms with Crippen LogP contribution in [0, 0.1) is 0 Å². The van der Waals surface area contributed by atoms with E-state index in [9.17, 15) is 13.2 Å². The number of amides is 1. The third kappa shape index (κ3) is 5.61. The number of nitrogens with two attached hydrogens (primary N) is 1. The monoisotopic (exact) mass is 517 g/mol. The first kappa shape index (κ1) is 25.0. The van der Waals surface area contributed by atoms with Crippen LogP contribution >= 0.6 is 11.6 Å². The summed E-state index contributed by atoms with van der Waals surface area (Å²) in [6.07, 6.45) is 5.12. The Hall–Kier alpha value is -3.08. The van der Waals surface area contributed by atoms with Crippen molar-refractivity contribution in [2.24, 2.45) is 12.8 Å². The molecule has 0 radical (unpaired) electrons. The number of piperidine rings is 1. The zero-order valence-corrected chi connectivity index (χ0v) is 21.4. The van der Waals surface area contributed by atoms with Crippen molar-refractivity contribution >= 4 is 38.9 Å². The molecule has 2 aromatic heterocycles. The summed E-state index contributed by atoms with van der Waals surface area (Å²) >= 11 is 6.26. The van der Waals surface area contributed by atoms with Crippen molar-refractivity contribution in [3.8, 4) is 22.6 Å². The molecule has 1 aromatic carbocycles. The number of sulfonamides is 1. The summed E-state index contributed by atoms with van der Waals surface area (Å²) in [6.45, 7) is 1.80. The van der Waals surface area contributed by atoms with E-state index in [2.05, 4.69) is 14.6 Å². The highest BCUT2D eigenvalue weighted by atomic mass is 35.5. The lowest BCUT2D eigenvalue weighted by molar-refractivity contribution is 0.0819. The van der Waals surface area contributed by atoms with Gasteiger partial charge in [0.2, 0.25) is 10.0 Å². The number of hydrogen-bond donors (Lipinski definition) is 2. The lowest BCUT2D eigenvalue weighted by Crippen LogP contribution is -2.36. The zero-order chi connectivity index (χ0) is 25.3. The van der Waals surface area contributed by atoms with Crippen molar-refractivity contribution in [3.63, 3.8) is 0 Å². The third-order valence-corrected chi connectivity index (χ3v) is 6.95. The van der Waals surface area contributed by atoms with Gasteiger partial charge in [-0.3, -0.25) is 14.5 Å². The highest BCUT2D eigenvalue weighted by molar-refractivity contribution is 7.92. The highest BCUT2D eigenvalue weighted by Crippen LogP contribution is 2.35. The van der Waals surface area contributed by atoms with Gasteiger partial charge in [-0.15, -0.1) is 0 Å². The van der Waals surface area contributed by atoms with Crippen LogP contribution in [0.25, 0.3) is 22.6 Å². The molecule has 0 saturated carbocycles. The Bertz CT molecular complexity index is 1350. The second-order valence-corrected chi connectivity index (χ2v) is 10.8. The van der Waals surface area contributed by atoms with E-state index in [0.29, 0.717) is 33.8 Å². The van der Waals surface area contributed by atoms with Gasteiger partial charge in [0.1, 0.15) is 0 Å². The summed E-state index contributed by atoms with van der Waals surface area (Å²) < 4.78 is 33.1. The van der Waals surface area contributed by atoms with Gasteiger partial charge in [-0.05, 0) is 49.2 Å². The number of anilines is 2. The first-order chi connectivity index (χ1) is 16.6. The first-order valence-electron chi connectivity index (χ1n) is 11.1. The zero-order valence-electron chi connectivity index (χ0n) is 19.8. The number of pyridine rings is 1. The molecule has 1 amide bonds. The Kier molecular flexibility index (Phi) is 7.07. The fourth-order valence-electron chi connectivity index (χ4n) is 4.46. The topological polar surface area (TPSA) is 120 Å². The number of carbonyl (C=O) groups excluding carboxylic acids is 1. The molecular weight excluding hydrogens is 490 g/mol. The van der Waals surface area contributed by atoms with Crippen molar-refractivity contribution < 1.29 is 17.9 Å². The summed E-state index contributed by atoms with van der Waals surface area (Å²) in [4.78, 5) is 19.3. The van der Waals surface area contributed by atoms with Crippen LogP contribution in [-0.4, -0.2) is 56.4 Å². The van der Waals surface area contributed by atoms with Crippen LogP contribution in [0.15, 0.2) is 42.6 Å². The van der Waals surface area contributed by atoms with E-state index >= 15 is 0 Å². The minimum Gasteiger partial charge on any atom is -0.381 e. The molecule has 4 rings (SSSR count). The number of halogens is 1. The maximum atomic E-state index is 12.3. The van der Waals surface area contributed by atoms with Gasteiger partial charge in [0.05, 0.1) is 52.6 Å². The van der Waals surface area contributed by atoms with Crippen LogP contribution in [0.4, 0.5) is 11.4 Å². The number of nitrogens with one attached hydrogen (secondary N) is 1. The molecule has 0 atom stereocenters. The number of primary amides is 1. The lowest BCUT2D eigenvalue weighted by atomic mass is 10.1. The average Bonchev–Trinajstić information content (AvgIpc) is 3.15. The number of benzene rings is 1. The van der Waals surface area contributed by atoms with E-state index < -0.39 is 15.9 Å². The van der Waals surface area contributed by atoms with Gasteiger partial charge < -0.3 is 19.9 Å². The number of ether oxygens (including phenoxy) is 1. The second kappa shape index (κ2) is 9.88. The molecule has 35 heavy (non-hydrogen) atoms. The van der Waals surface area contributed by atoms with Crippen molar-refractivity contribution in [1.82, 2.24) is 9.55 Å². The molecule has 1 aliphatic heterocycles. The van der Waals surface area contributed by atoms with Crippen molar-refractivity contribution in [1.29, 1.82) is 0 Å². The number of carbonyl (C=O) groups is 1. The van der Waals surface area contributed by atoms with Gasteiger partial charge in [0.15, 0.2) is 0 Å². The van der Waals surface area contributed by atoms with Crippen LogP contribution in [0.5, 0.6) is 0 Å². The lowest BCUT2D eigenvalue weighted by Gasteiger charge is -2.32. The predicted molar refractivity (Wildman–Crippen MR) is 138 cm³/mol. The molecule has 3 heterocycles. The minimum absolute atomic E-state index is 0.280. The summed E-state index contributed by atoms with van der Waals surface area (Å²) in [5.41, 5.74) is 9.72. The third-order valence-electron chi connectivity index (χ3n) is 6.12. The molecule has 1 fully saturated rings. The number of aromatic nitrogens is 2. The van der Waals surface area contributed by atoms with Crippen molar-refractivity contribution in [3.05, 3.63) is 53.2 Å². The quantitative estimate of drug-likeness (QED) is 0.495. The smallest absolute Gasteiger partial charge is 0.250 e. The number of methoxy groups -OCH3 is 1. The SMILES string of the molecule is COC1CCN(c2ccc(-c3cc(C(N)=O)c(-c4cc(Cl)cc(NS(C)(=O)=O)c4)n3C)nc2)CC1. The van der Waals surface area contributed by atoms with E-state index in [1.807, 2.05) is 22.9 Å². The van der Waals surface area contributed by atoms with E-state index in [4.69, 9.17) is 22.1 Å². The van der Waals surface area contributed by atoms with E-state index in [0.717, 1.165) is 37.9 Å². The van der Waals surface area contributed by atoms with Gasteiger partial charge in [0.25, 0.3) is 5.91 Å². The maximum Gasteiger partial charge on any atom is 0.250 e. The predicted octanol–water partition coefficient (Wildman–Crippen LogP) is 3.49. The fraction of sp³-hybridized carbons (Fsp3) is 0.333.